The van der Waals surface area contributed by atoms with Crippen LogP contribution in [0.3, 0.4) is 0 Å². The highest BCUT2D eigenvalue weighted by atomic mass is 16.2. The normalized spacial score (nSPS) is 27.0. The van der Waals surface area contributed by atoms with Gasteiger partial charge in [0.25, 0.3) is 0 Å². The Labute approximate surface area is 176 Å². The number of hydrogen-bond donors (Lipinski definition) is 1. The Hall–Kier alpha value is -3.21. The van der Waals surface area contributed by atoms with E-state index in [1.54, 1.807) is 6.20 Å². The molecule has 2 heterocycles. The molecule has 30 heavy (non-hydrogen) atoms. The Morgan fingerprint density at radius 2 is 2.00 bits per heavy atom. The molecule has 0 radical (unpaired) electrons. The summed E-state index contributed by atoms with van der Waals surface area (Å²) < 4.78 is 1.96. The molecular weight excluding hydrogens is 374 g/mol. The summed E-state index contributed by atoms with van der Waals surface area (Å²) in [7, 11) is 1.98. The average molecular weight is 399 g/mol. The Morgan fingerprint density at radius 1 is 1.20 bits per heavy atom. The number of pyridine rings is 1. The number of aromatic nitrogens is 3. The van der Waals surface area contributed by atoms with Gasteiger partial charge in [0.15, 0.2) is 5.78 Å². The van der Waals surface area contributed by atoms with Crippen LogP contribution in [0.2, 0.25) is 0 Å². The minimum absolute atomic E-state index is 0.0564. The topological polar surface area (TPSA) is 68.0 Å². The van der Waals surface area contributed by atoms with Crippen molar-refractivity contribution in [3.63, 3.8) is 0 Å². The summed E-state index contributed by atoms with van der Waals surface area (Å²) in [4.78, 5) is 17.2. The number of ketones is 1. The Bertz CT molecular complexity index is 1130. The molecule has 0 saturated heterocycles. The van der Waals surface area contributed by atoms with Crippen molar-refractivity contribution in [1.82, 2.24) is 14.8 Å². The van der Waals surface area contributed by atoms with Crippen LogP contribution in [0.1, 0.15) is 36.6 Å². The van der Waals surface area contributed by atoms with Crippen LogP contribution in [0.15, 0.2) is 66.7 Å². The summed E-state index contributed by atoms with van der Waals surface area (Å²) in [6, 6.07) is 14.4. The number of aliphatic hydroxyl groups excluding tert-OH is 1. The fraction of sp³-hybridized carbons (Fsp3) is 0.320. The second-order valence-electron chi connectivity index (χ2n) is 8.51. The maximum atomic E-state index is 12.9. The van der Waals surface area contributed by atoms with Crippen LogP contribution in [-0.2, 0) is 23.7 Å². The maximum absolute atomic E-state index is 12.9. The maximum Gasteiger partial charge on any atom is 0.165 e. The third-order valence-electron chi connectivity index (χ3n) is 7.09. The highest BCUT2D eigenvalue weighted by molar-refractivity contribution is 5.98. The minimum Gasteiger partial charge on any atom is -0.515 e. The fourth-order valence-corrected chi connectivity index (χ4v) is 5.80. The number of carbonyl (C=O) groups is 1. The van der Waals surface area contributed by atoms with E-state index in [9.17, 15) is 9.90 Å². The lowest BCUT2D eigenvalue weighted by molar-refractivity contribution is -0.123. The fourth-order valence-electron chi connectivity index (χ4n) is 5.80. The van der Waals surface area contributed by atoms with Crippen molar-refractivity contribution in [2.24, 2.45) is 18.9 Å². The van der Waals surface area contributed by atoms with Crippen LogP contribution in [0.4, 0.5) is 0 Å². The monoisotopic (exact) mass is 399 g/mol. The molecule has 0 aliphatic heterocycles. The number of carbonyl (C=O) groups excluding carboxylic acids is 1. The van der Waals surface area contributed by atoms with Gasteiger partial charge < -0.3 is 5.11 Å². The molecule has 1 fully saturated rings. The molecule has 0 spiro atoms. The predicted octanol–water partition coefficient (Wildman–Crippen LogP) is 4.38. The first-order valence-corrected chi connectivity index (χ1v) is 10.5. The van der Waals surface area contributed by atoms with E-state index in [1.165, 1.54) is 5.56 Å². The van der Waals surface area contributed by atoms with Crippen molar-refractivity contribution in [3.05, 3.63) is 83.5 Å². The van der Waals surface area contributed by atoms with Crippen molar-refractivity contribution in [2.45, 2.75) is 31.6 Å². The molecule has 5 heteroatoms. The first kappa shape index (κ1) is 18.8. The quantitative estimate of drug-likeness (QED) is 0.513. The zero-order valence-corrected chi connectivity index (χ0v) is 17.2. The minimum atomic E-state index is -0.436. The number of allylic oxidation sites excluding steroid dienone is 1. The van der Waals surface area contributed by atoms with Crippen LogP contribution < -0.4 is 0 Å². The first-order chi connectivity index (χ1) is 14.6. The SMILES string of the molecule is C[C@@H]1C(=O)C(=CO)C[C@]2(c3ccccc3)c3nn(C)c(-c4cccnc4)c3CC[C@@H]12. The molecular formula is C25H25N3O2. The van der Waals surface area contributed by atoms with Gasteiger partial charge in [-0.3, -0.25) is 14.5 Å². The Balaban J connectivity index is 1.80. The molecule has 3 aromatic rings. The van der Waals surface area contributed by atoms with Gasteiger partial charge in [0.05, 0.1) is 17.6 Å². The number of nitrogens with zero attached hydrogens (tertiary/aromatic N) is 3. The zero-order chi connectivity index (χ0) is 20.9. The van der Waals surface area contributed by atoms with Gasteiger partial charge in [0.1, 0.15) is 0 Å². The van der Waals surface area contributed by atoms with E-state index in [0.29, 0.717) is 12.0 Å². The highest BCUT2D eigenvalue weighted by Gasteiger charge is 2.55. The number of hydrogen-bond acceptors (Lipinski definition) is 4. The van der Waals surface area contributed by atoms with E-state index < -0.39 is 5.41 Å². The van der Waals surface area contributed by atoms with E-state index in [-0.39, 0.29) is 17.6 Å². The van der Waals surface area contributed by atoms with Crippen LogP contribution in [0, 0.1) is 11.8 Å². The van der Waals surface area contributed by atoms with Crippen LogP contribution in [-0.4, -0.2) is 25.7 Å². The lowest BCUT2D eigenvalue weighted by Crippen LogP contribution is -2.50. The molecule has 2 aliphatic carbocycles. The molecule has 1 saturated carbocycles. The molecule has 5 rings (SSSR count). The van der Waals surface area contributed by atoms with Gasteiger partial charge in [-0.25, -0.2) is 0 Å². The van der Waals surface area contributed by atoms with Gasteiger partial charge in [-0.05, 0) is 42.9 Å². The number of aryl methyl sites for hydroxylation is 1. The van der Waals surface area contributed by atoms with Crippen molar-refractivity contribution in [1.29, 1.82) is 0 Å². The molecule has 2 aliphatic rings. The smallest absolute Gasteiger partial charge is 0.165 e. The average Bonchev–Trinajstić information content (AvgIpc) is 3.13. The summed E-state index contributed by atoms with van der Waals surface area (Å²) in [6.07, 6.45) is 6.93. The molecule has 1 aromatic carbocycles. The van der Waals surface area contributed by atoms with E-state index in [0.717, 1.165) is 41.6 Å². The second-order valence-corrected chi connectivity index (χ2v) is 8.51. The largest absolute Gasteiger partial charge is 0.515 e. The van der Waals surface area contributed by atoms with Crippen molar-refractivity contribution in [3.8, 4) is 11.3 Å². The lowest BCUT2D eigenvalue weighted by atomic mass is 9.52. The number of aliphatic hydroxyl groups is 1. The van der Waals surface area contributed by atoms with Gasteiger partial charge in [0.2, 0.25) is 0 Å². The highest BCUT2D eigenvalue weighted by Crippen LogP contribution is 2.56. The van der Waals surface area contributed by atoms with E-state index in [4.69, 9.17) is 5.10 Å². The predicted molar refractivity (Wildman–Crippen MR) is 115 cm³/mol. The van der Waals surface area contributed by atoms with Crippen LogP contribution in [0.25, 0.3) is 11.3 Å². The summed E-state index contributed by atoms with van der Waals surface area (Å²) in [5, 5.41) is 15.0. The number of benzene rings is 1. The van der Waals surface area contributed by atoms with Crippen molar-refractivity contribution >= 4 is 5.78 Å². The Kier molecular flexibility index (Phi) is 4.35. The number of fused-ring (bicyclic) bond motifs is 3. The lowest BCUT2D eigenvalue weighted by Gasteiger charge is -2.49. The molecule has 1 N–H and O–H groups in total. The van der Waals surface area contributed by atoms with E-state index >= 15 is 0 Å². The van der Waals surface area contributed by atoms with Crippen LogP contribution >= 0.6 is 0 Å². The van der Waals surface area contributed by atoms with Gasteiger partial charge in [0, 0.05) is 47.5 Å². The molecule has 0 amide bonds. The van der Waals surface area contributed by atoms with Gasteiger partial charge in [-0.2, -0.15) is 5.10 Å². The third-order valence-corrected chi connectivity index (χ3v) is 7.09. The van der Waals surface area contributed by atoms with Gasteiger partial charge in [-0.1, -0.05) is 37.3 Å². The summed E-state index contributed by atoms with van der Waals surface area (Å²) in [6.45, 7) is 2.00. The van der Waals surface area contributed by atoms with Gasteiger partial charge in [-0.15, -0.1) is 0 Å². The van der Waals surface area contributed by atoms with E-state index in [1.807, 2.05) is 49.1 Å². The number of Topliss-reactive ketones (excluding diaryl/α,β-unsaturated/α-hetero) is 1. The van der Waals surface area contributed by atoms with Gasteiger partial charge >= 0.3 is 0 Å². The molecule has 3 atom stereocenters. The molecule has 0 unspecified atom stereocenters. The van der Waals surface area contributed by atoms with Crippen LogP contribution in [0.5, 0.6) is 0 Å². The first-order valence-electron chi connectivity index (χ1n) is 10.5. The van der Waals surface area contributed by atoms with Crippen molar-refractivity contribution in [2.75, 3.05) is 0 Å². The third kappa shape index (κ3) is 2.51. The standard InChI is InChI=1S/C25H25N3O2/c1-16-21-11-10-20-22(17-7-6-12-26-14-17)28(2)27-24(20)25(21,13-18(15-29)23(16)30)19-8-4-3-5-9-19/h3-9,12,14-16,21,29H,10-11,13H2,1-2H3/t16-,21-,25+/m0/s1. The summed E-state index contributed by atoms with van der Waals surface area (Å²) in [5.74, 6) is 0.0236. The summed E-state index contributed by atoms with van der Waals surface area (Å²) >= 11 is 0. The molecule has 0 bridgehead atoms. The zero-order valence-electron chi connectivity index (χ0n) is 17.2. The Morgan fingerprint density at radius 3 is 2.70 bits per heavy atom. The molecule has 152 valence electrons. The van der Waals surface area contributed by atoms with Crippen molar-refractivity contribution < 1.29 is 9.90 Å². The molecule has 5 nitrogen and oxygen atoms in total. The van der Waals surface area contributed by atoms with E-state index in [2.05, 4.69) is 23.2 Å². The number of rotatable bonds is 2. The summed E-state index contributed by atoms with van der Waals surface area (Å²) in [5.41, 5.74) is 5.61. The second kappa shape index (κ2) is 6.94. The molecule has 2 aromatic heterocycles.